The van der Waals surface area contributed by atoms with Crippen LogP contribution in [0.5, 0.6) is 0 Å². The molecule has 2 fully saturated rings. The molecular formula is C16H19N5O5S. The fourth-order valence-electron chi connectivity index (χ4n) is 3.39. The summed E-state index contributed by atoms with van der Waals surface area (Å²) in [6.45, 7) is 1.03. The van der Waals surface area contributed by atoms with Gasteiger partial charge in [-0.2, -0.15) is 4.98 Å². The fraction of sp³-hybridized carbons (Fsp3) is 0.500. The molecule has 4 rings (SSSR count). The second kappa shape index (κ2) is 6.57. The van der Waals surface area contributed by atoms with E-state index in [1.54, 1.807) is 0 Å². The van der Waals surface area contributed by atoms with E-state index < -0.39 is 14.9 Å². The molecule has 1 aliphatic heterocycles. The number of hydrogen-bond acceptors (Lipinski definition) is 8. The number of non-ortho nitro benzene ring substituents is 1. The van der Waals surface area contributed by atoms with Crippen LogP contribution in [0.2, 0.25) is 0 Å². The smallest absolute Gasteiger partial charge is 0.271 e. The molecule has 0 spiro atoms. The molecule has 2 heterocycles. The minimum atomic E-state index is -3.99. The number of nitro groups is 1. The van der Waals surface area contributed by atoms with Crippen LogP contribution in [0.3, 0.4) is 0 Å². The van der Waals surface area contributed by atoms with Crippen LogP contribution < -0.4 is 10.0 Å². The Labute approximate surface area is 155 Å². The summed E-state index contributed by atoms with van der Waals surface area (Å²) in [5, 5.41) is 20.4. The summed E-state index contributed by atoms with van der Waals surface area (Å²) in [4.78, 5) is 16.7. The summed E-state index contributed by atoms with van der Waals surface area (Å²) >= 11 is 0. The Bertz CT molecular complexity index is 977. The van der Waals surface area contributed by atoms with E-state index in [0.717, 1.165) is 18.9 Å². The van der Waals surface area contributed by atoms with Crippen LogP contribution in [0.15, 0.2) is 27.6 Å². The molecule has 11 heteroatoms. The van der Waals surface area contributed by atoms with E-state index in [0.29, 0.717) is 43.6 Å². The predicted octanol–water partition coefficient (Wildman–Crippen LogP) is 1.89. The Kier molecular flexibility index (Phi) is 4.35. The lowest BCUT2D eigenvalue weighted by Crippen LogP contribution is -2.34. The lowest BCUT2D eigenvalue weighted by molar-refractivity contribution is -0.384. The summed E-state index contributed by atoms with van der Waals surface area (Å²) < 4.78 is 29.1. The maximum Gasteiger partial charge on any atom is 0.271 e. The number of aromatic nitrogens is 2. The van der Waals surface area contributed by atoms with E-state index in [2.05, 4.69) is 10.1 Å². The zero-order valence-electron chi connectivity index (χ0n) is 14.4. The molecule has 0 amide bonds. The number of benzene rings is 1. The van der Waals surface area contributed by atoms with Gasteiger partial charge in [0.05, 0.1) is 10.6 Å². The van der Waals surface area contributed by atoms with Crippen LogP contribution in [0.1, 0.15) is 49.2 Å². The number of sulfonamides is 1. The Hall–Kier alpha value is -2.53. The van der Waals surface area contributed by atoms with E-state index in [9.17, 15) is 18.5 Å². The molecule has 10 nitrogen and oxygen atoms in total. The summed E-state index contributed by atoms with van der Waals surface area (Å²) in [6, 6.07) is 3.60. The first-order chi connectivity index (χ1) is 12.8. The number of nitro benzene ring substituents is 1. The monoisotopic (exact) mass is 393 g/mol. The van der Waals surface area contributed by atoms with Crippen LogP contribution in [-0.2, 0) is 10.0 Å². The van der Waals surface area contributed by atoms with E-state index in [4.69, 9.17) is 9.66 Å². The molecule has 1 saturated carbocycles. The first-order valence-electron chi connectivity index (χ1n) is 8.72. The minimum Gasteiger partial charge on any atom is -0.370 e. The van der Waals surface area contributed by atoms with Gasteiger partial charge in [-0.3, -0.25) is 10.1 Å². The van der Waals surface area contributed by atoms with Crippen molar-refractivity contribution in [1.82, 2.24) is 10.1 Å². The number of hydrogen-bond donors (Lipinski definition) is 1. The molecule has 1 aliphatic carbocycles. The molecule has 0 atom stereocenters. The zero-order chi connectivity index (χ0) is 19.2. The highest BCUT2D eigenvalue weighted by atomic mass is 32.2. The van der Waals surface area contributed by atoms with Crippen molar-refractivity contribution >= 4 is 21.4 Å². The largest absolute Gasteiger partial charge is 0.370 e. The minimum absolute atomic E-state index is 0.109. The van der Waals surface area contributed by atoms with Gasteiger partial charge in [0.2, 0.25) is 15.9 Å². The maximum atomic E-state index is 11.9. The molecule has 2 aromatic rings. The van der Waals surface area contributed by atoms with Gasteiger partial charge in [-0.1, -0.05) is 5.16 Å². The van der Waals surface area contributed by atoms with Gasteiger partial charge >= 0.3 is 0 Å². The van der Waals surface area contributed by atoms with Crippen molar-refractivity contribution < 1.29 is 17.9 Å². The van der Waals surface area contributed by atoms with Gasteiger partial charge in [0.25, 0.3) is 5.69 Å². The number of nitrogens with two attached hydrogens (primary N) is 1. The highest BCUT2D eigenvalue weighted by Crippen LogP contribution is 2.40. The Morgan fingerprint density at radius 1 is 1.19 bits per heavy atom. The normalized spacial score (nSPS) is 18.6. The number of rotatable bonds is 5. The van der Waals surface area contributed by atoms with Crippen LogP contribution in [0, 0.1) is 10.1 Å². The molecule has 2 aliphatic rings. The number of anilines is 1. The van der Waals surface area contributed by atoms with Gasteiger partial charge in [-0.25, -0.2) is 13.6 Å². The summed E-state index contributed by atoms with van der Waals surface area (Å²) in [6.07, 6.45) is 3.55. The van der Waals surface area contributed by atoms with Crippen LogP contribution in [0.25, 0.3) is 0 Å². The van der Waals surface area contributed by atoms with Crippen molar-refractivity contribution in [3.8, 4) is 0 Å². The Balaban J connectivity index is 1.54. The Morgan fingerprint density at radius 2 is 1.89 bits per heavy atom. The van der Waals surface area contributed by atoms with Crippen molar-refractivity contribution in [3.05, 3.63) is 40.0 Å². The standard InChI is InChI=1S/C16H19N5O5S/c17-27(24,25)14-4-3-12(21(22)23)9-13(14)20-7-5-10(6-8-20)15-18-16(26-19-15)11-1-2-11/h3-4,9-11H,1-2,5-8H2,(H2,17,24,25). The first-order valence-corrected chi connectivity index (χ1v) is 10.3. The van der Waals surface area contributed by atoms with Crippen molar-refractivity contribution in [1.29, 1.82) is 0 Å². The van der Waals surface area contributed by atoms with Gasteiger partial charge in [-0.15, -0.1) is 0 Å². The highest BCUT2D eigenvalue weighted by Gasteiger charge is 2.32. The molecule has 27 heavy (non-hydrogen) atoms. The third-order valence-corrected chi connectivity index (χ3v) is 6.00. The molecule has 2 N–H and O–H groups in total. The van der Waals surface area contributed by atoms with E-state index in [1.807, 2.05) is 4.90 Å². The summed E-state index contributed by atoms with van der Waals surface area (Å²) in [7, 11) is -3.99. The maximum absolute atomic E-state index is 11.9. The number of piperidine rings is 1. The van der Waals surface area contributed by atoms with E-state index in [1.165, 1.54) is 12.1 Å². The van der Waals surface area contributed by atoms with Crippen molar-refractivity contribution in [2.45, 2.75) is 42.4 Å². The zero-order valence-corrected chi connectivity index (χ0v) is 15.3. The lowest BCUT2D eigenvalue weighted by Gasteiger charge is -2.33. The van der Waals surface area contributed by atoms with Crippen molar-refractivity contribution in [2.75, 3.05) is 18.0 Å². The van der Waals surface area contributed by atoms with Gasteiger partial charge in [0.1, 0.15) is 4.90 Å². The molecule has 1 aromatic carbocycles. The fourth-order valence-corrected chi connectivity index (χ4v) is 4.13. The van der Waals surface area contributed by atoms with Gasteiger partial charge in [0.15, 0.2) is 5.82 Å². The second-order valence-electron chi connectivity index (χ2n) is 6.98. The average Bonchev–Trinajstić information content (AvgIpc) is 3.37. The number of nitrogens with zero attached hydrogens (tertiary/aromatic N) is 4. The second-order valence-corrected chi connectivity index (χ2v) is 8.51. The average molecular weight is 393 g/mol. The highest BCUT2D eigenvalue weighted by molar-refractivity contribution is 7.89. The third kappa shape index (κ3) is 3.65. The van der Waals surface area contributed by atoms with E-state index in [-0.39, 0.29) is 22.2 Å². The van der Waals surface area contributed by atoms with Gasteiger partial charge in [0, 0.05) is 37.1 Å². The SMILES string of the molecule is NS(=O)(=O)c1ccc([N+](=O)[O-])cc1N1CCC(c2noc(C3CC3)n2)CC1. The molecule has 0 radical (unpaired) electrons. The molecular weight excluding hydrogens is 374 g/mol. The molecule has 0 bridgehead atoms. The topological polar surface area (TPSA) is 145 Å². The summed E-state index contributed by atoms with van der Waals surface area (Å²) in [5.41, 5.74) is 0.0868. The lowest BCUT2D eigenvalue weighted by atomic mass is 9.95. The van der Waals surface area contributed by atoms with Crippen LogP contribution in [-0.4, -0.2) is 36.6 Å². The van der Waals surface area contributed by atoms with E-state index >= 15 is 0 Å². The quantitative estimate of drug-likeness (QED) is 0.598. The third-order valence-electron chi connectivity index (χ3n) is 5.04. The predicted molar refractivity (Wildman–Crippen MR) is 94.9 cm³/mol. The van der Waals surface area contributed by atoms with Gasteiger partial charge < -0.3 is 9.42 Å². The molecule has 0 unspecified atom stereocenters. The van der Waals surface area contributed by atoms with Gasteiger partial charge in [-0.05, 0) is 31.7 Å². The van der Waals surface area contributed by atoms with Crippen LogP contribution >= 0.6 is 0 Å². The number of primary sulfonamides is 1. The summed E-state index contributed by atoms with van der Waals surface area (Å²) in [5.74, 6) is 1.90. The van der Waals surface area contributed by atoms with Crippen molar-refractivity contribution in [2.24, 2.45) is 5.14 Å². The van der Waals surface area contributed by atoms with Crippen LogP contribution in [0.4, 0.5) is 11.4 Å². The first kappa shape index (κ1) is 17.9. The molecule has 1 aromatic heterocycles. The molecule has 1 saturated heterocycles. The Morgan fingerprint density at radius 3 is 2.48 bits per heavy atom. The molecule has 144 valence electrons. The van der Waals surface area contributed by atoms with Crippen molar-refractivity contribution in [3.63, 3.8) is 0 Å².